The molecule has 0 bridgehead atoms. The highest BCUT2D eigenvalue weighted by Crippen LogP contribution is 2.28. The van der Waals surface area contributed by atoms with Gasteiger partial charge in [0.15, 0.2) is 0 Å². The average molecular weight is 280 g/mol. The molecule has 7 heteroatoms. The SMILES string of the molecule is CC(C)C(=O)Nc1nnc(-c2ccc(F)c(N)c2)s1. The zero-order chi connectivity index (χ0) is 14.0. The third-order valence-corrected chi connectivity index (χ3v) is 3.31. The first-order chi connectivity index (χ1) is 8.97. The van der Waals surface area contributed by atoms with Gasteiger partial charge in [-0.3, -0.25) is 4.79 Å². The van der Waals surface area contributed by atoms with Crippen LogP contribution < -0.4 is 11.1 Å². The number of carbonyl (C=O) groups excluding carboxylic acids is 1. The number of hydrogen-bond donors (Lipinski definition) is 2. The highest BCUT2D eigenvalue weighted by atomic mass is 32.1. The maximum absolute atomic E-state index is 13.1. The van der Waals surface area contributed by atoms with Crippen molar-refractivity contribution in [3.63, 3.8) is 0 Å². The van der Waals surface area contributed by atoms with E-state index < -0.39 is 5.82 Å². The second kappa shape index (κ2) is 5.31. The van der Waals surface area contributed by atoms with Gasteiger partial charge in [0.1, 0.15) is 10.8 Å². The van der Waals surface area contributed by atoms with Crippen molar-refractivity contribution >= 4 is 28.1 Å². The van der Waals surface area contributed by atoms with E-state index in [1.807, 2.05) is 0 Å². The van der Waals surface area contributed by atoms with Crippen molar-refractivity contribution in [3.8, 4) is 10.6 Å². The highest BCUT2D eigenvalue weighted by molar-refractivity contribution is 7.18. The molecule has 0 aliphatic heterocycles. The molecule has 0 atom stereocenters. The van der Waals surface area contributed by atoms with Crippen LogP contribution in [0.5, 0.6) is 0 Å². The Morgan fingerprint density at radius 1 is 1.42 bits per heavy atom. The second-order valence-electron chi connectivity index (χ2n) is 4.29. The fourth-order valence-corrected chi connectivity index (χ4v) is 2.06. The second-order valence-corrected chi connectivity index (χ2v) is 5.27. The van der Waals surface area contributed by atoms with Crippen LogP contribution in [0.25, 0.3) is 10.6 Å². The Morgan fingerprint density at radius 3 is 2.79 bits per heavy atom. The minimum atomic E-state index is -0.471. The van der Waals surface area contributed by atoms with Gasteiger partial charge in [0.2, 0.25) is 11.0 Å². The molecule has 1 aromatic carbocycles. The molecular formula is C12H13FN4OS. The summed E-state index contributed by atoms with van der Waals surface area (Å²) in [4.78, 5) is 11.5. The van der Waals surface area contributed by atoms with E-state index in [0.717, 1.165) is 0 Å². The first-order valence-corrected chi connectivity index (χ1v) is 6.49. The van der Waals surface area contributed by atoms with Gasteiger partial charge in [-0.05, 0) is 18.2 Å². The number of halogens is 1. The smallest absolute Gasteiger partial charge is 0.228 e. The molecule has 0 unspecified atom stereocenters. The Kier molecular flexibility index (Phi) is 3.75. The van der Waals surface area contributed by atoms with Gasteiger partial charge in [-0.15, -0.1) is 10.2 Å². The van der Waals surface area contributed by atoms with Crippen LogP contribution in [0.15, 0.2) is 18.2 Å². The molecule has 1 aromatic heterocycles. The summed E-state index contributed by atoms with van der Waals surface area (Å²) in [5.74, 6) is -0.725. The standard InChI is InChI=1S/C12H13FN4OS/c1-6(2)10(18)15-12-17-16-11(19-12)7-3-4-8(13)9(14)5-7/h3-6H,14H2,1-2H3,(H,15,17,18). The van der Waals surface area contributed by atoms with E-state index in [9.17, 15) is 9.18 Å². The Bertz CT molecular complexity index is 612. The monoisotopic (exact) mass is 280 g/mol. The third-order valence-electron chi connectivity index (χ3n) is 2.42. The van der Waals surface area contributed by atoms with Gasteiger partial charge in [0.25, 0.3) is 0 Å². The number of nitrogens with zero attached hydrogens (tertiary/aromatic N) is 2. The summed E-state index contributed by atoms with van der Waals surface area (Å²) in [7, 11) is 0. The van der Waals surface area contributed by atoms with Gasteiger partial charge < -0.3 is 11.1 Å². The Labute approximate surface area is 113 Å². The summed E-state index contributed by atoms with van der Waals surface area (Å²) in [6.45, 7) is 3.58. The third kappa shape index (κ3) is 3.05. The van der Waals surface area contributed by atoms with Crippen LogP contribution >= 0.6 is 11.3 Å². The van der Waals surface area contributed by atoms with Crippen LogP contribution in [0.1, 0.15) is 13.8 Å². The zero-order valence-electron chi connectivity index (χ0n) is 10.5. The summed E-state index contributed by atoms with van der Waals surface area (Å²) >= 11 is 1.21. The number of rotatable bonds is 3. The van der Waals surface area contributed by atoms with Crippen LogP contribution in [-0.4, -0.2) is 16.1 Å². The van der Waals surface area contributed by atoms with Gasteiger partial charge in [-0.25, -0.2) is 4.39 Å². The van der Waals surface area contributed by atoms with Gasteiger partial charge in [0.05, 0.1) is 5.69 Å². The number of nitrogen functional groups attached to an aromatic ring is 1. The summed E-state index contributed by atoms with van der Waals surface area (Å²) in [5.41, 5.74) is 6.22. The number of benzene rings is 1. The van der Waals surface area contributed by atoms with Crippen molar-refractivity contribution in [2.45, 2.75) is 13.8 Å². The summed E-state index contributed by atoms with van der Waals surface area (Å²) in [5, 5.41) is 11.5. The fourth-order valence-electron chi connectivity index (χ4n) is 1.32. The molecule has 0 aliphatic rings. The minimum Gasteiger partial charge on any atom is -0.396 e. The first-order valence-electron chi connectivity index (χ1n) is 5.67. The number of aromatic nitrogens is 2. The lowest BCUT2D eigenvalue weighted by Crippen LogP contribution is -2.17. The zero-order valence-corrected chi connectivity index (χ0v) is 11.3. The fraction of sp³-hybridized carbons (Fsp3) is 0.250. The molecule has 0 radical (unpaired) electrons. The number of hydrogen-bond acceptors (Lipinski definition) is 5. The summed E-state index contributed by atoms with van der Waals surface area (Å²) in [6.07, 6.45) is 0. The molecule has 0 aliphatic carbocycles. The molecule has 5 nitrogen and oxygen atoms in total. The normalized spacial score (nSPS) is 10.7. The van der Waals surface area contributed by atoms with Crippen LogP contribution in [0.2, 0.25) is 0 Å². The molecule has 19 heavy (non-hydrogen) atoms. The largest absolute Gasteiger partial charge is 0.396 e. The van der Waals surface area contributed by atoms with E-state index >= 15 is 0 Å². The van der Waals surface area contributed by atoms with Crippen molar-refractivity contribution in [1.29, 1.82) is 0 Å². The Morgan fingerprint density at radius 2 is 2.16 bits per heavy atom. The number of carbonyl (C=O) groups is 1. The Balaban J connectivity index is 2.21. The predicted octanol–water partition coefficient (Wildman–Crippen LogP) is 2.52. The molecule has 0 saturated carbocycles. The first kappa shape index (κ1) is 13.4. The van der Waals surface area contributed by atoms with Gasteiger partial charge >= 0.3 is 0 Å². The number of anilines is 2. The van der Waals surface area contributed by atoms with Crippen LogP contribution in [0.3, 0.4) is 0 Å². The summed E-state index contributed by atoms with van der Waals surface area (Å²) < 4.78 is 13.1. The van der Waals surface area contributed by atoms with Crippen molar-refractivity contribution in [1.82, 2.24) is 10.2 Å². The van der Waals surface area contributed by atoms with Crippen molar-refractivity contribution in [3.05, 3.63) is 24.0 Å². The molecule has 0 spiro atoms. The maximum Gasteiger partial charge on any atom is 0.228 e. The van der Waals surface area contributed by atoms with Crippen LogP contribution in [-0.2, 0) is 4.79 Å². The van der Waals surface area contributed by atoms with E-state index in [0.29, 0.717) is 15.7 Å². The molecule has 100 valence electrons. The lowest BCUT2D eigenvalue weighted by Gasteiger charge is -2.02. The van der Waals surface area contributed by atoms with Crippen LogP contribution in [0.4, 0.5) is 15.2 Å². The minimum absolute atomic E-state index is 0.0560. The van der Waals surface area contributed by atoms with E-state index in [4.69, 9.17) is 5.73 Å². The quantitative estimate of drug-likeness (QED) is 0.846. The molecule has 0 saturated heterocycles. The highest BCUT2D eigenvalue weighted by Gasteiger charge is 2.12. The molecule has 3 N–H and O–H groups in total. The molecule has 2 rings (SSSR count). The molecule has 1 amide bonds. The molecule has 2 aromatic rings. The van der Waals surface area contributed by atoms with Crippen molar-refractivity contribution in [2.75, 3.05) is 11.1 Å². The topological polar surface area (TPSA) is 80.9 Å². The predicted molar refractivity (Wildman–Crippen MR) is 73.2 cm³/mol. The summed E-state index contributed by atoms with van der Waals surface area (Å²) in [6, 6.07) is 4.34. The Hall–Kier alpha value is -2.02. The van der Waals surface area contributed by atoms with E-state index in [1.165, 1.54) is 23.5 Å². The van der Waals surface area contributed by atoms with E-state index in [2.05, 4.69) is 15.5 Å². The lowest BCUT2D eigenvalue weighted by molar-refractivity contribution is -0.118. The average Bonchev–Trinajstić information content (AvgIpc) is 2.81. The van der Waals surface area contributed by atoms with Crippen LogP contribution in [0, 0.1) is 11.7 Å². The number of nitrogens with one attached hydrogen (secondary N) is 1. The van der Waals surface area contributed by atoms with Crippen molar-refractivity contribution < 1.29 is 9.18 Å². The van der Waals surface area contributed by atoms with E-state index in [1.54, 1.807) is 19.9 Å². The molecular weight excluding hydrogens is 267 g/mol. The lowest BCUT2D eigenvalue weighted by atomic mass is 10.2. The maximum atomic E-state index is 13.1. The number of amides is 1. The number of nitrogens with two attached hydrogens (primary N) is 1. The van der Waals surface area contributed by atoms with Gasteiger partial charge in [0, 0.05) is 11.5 Å². The molecule has 0 fully saturated rings. The van der Waals surface area contributed by atoms with E-state index in [-0.39, 0.29) is 17.5 Å². The van der Waals surface area contributed by atoms with Crippen molar-refractivity contribution in [2.24, 2.45) is 5.92 Å². The van der Waals surface area contributed by atoms with Gasteiger partial charge in [-0.1, -0.05) is 25.2 Å². The van der Waals surface area contributed by atoms with Gasteiger partial charge in [-0.2, -0.15) is 0 Å². The molecule has 1 heterocycles.